The topological polar surface area (TPSA) is 139 Å². The molecule has 0 aromatic heterocycles. The predicted octanol–water partition coefficient (Wildman–Crippen LogP) is 5.48. The zero-order chi connectivity index (χ0) is 34.8. The molecule has 8 heteroatoms. The average molecular weight is 676 g/mol. The second-order valence-corrected chi connectivity index (χ2v) is 15.3. The monoisotopic (exact) mass is 675 g/mol. The number of Topliss-reactive ketones (excluding diaryl/α,β-unsaturated/α-hetero) is 1. The molecule has 8 rings (SSSR count). The van der Waals surface area contributed by atoms with Gasteiger partial charge in [-0.15, -0.1) is 0 Å². The summed E-state index contributed by atoms with van der Waals surface area (Å²) in [5, 5.41) is 59.6. The molecule has 0 amide bonds. The third-order valence-corrected chi connectivity index (χ3v) is 12.9. The van der Waals surface area contributed by atoms with Crippen molar-refractivity contribution < 1.29 is 35.1 Å². The highest BCUT2D eigenvalue weighted by Crippen LogP contribution is 2.68. The van der Waals surface area contributed by atoms with Gasteiger partial charge in [0.2, 0.25) is 0 Å². The Bertz CT molecular complexity index is 1930. The number of ether oxygens (including phenoxy) is 1. The number of fused-ring (bicyclic) bond motifs is 1. The van der Waals surface area contributed by atoms with Crippen LogP contribution in [0, 0.1) is 35.5 Å². The molecular weight excluding hydrogens is 630 g/mol. The maximum atomic E-state index is 14.6. The molecule has 3 fully saturated rings. The van der Waals surface area contributed by atoms with E-state index in [1.165, 1.54) is 13.2 Å². The van der Waals surface area contributed by atoms with E-state index in [0.717, 1.165) is 36.0 Å². The van der Waals surface area contributed by atoms with E-state index in [1.54, 1.807) is 18.2 Å². The largest absolute Gasteiger partial charge is 0.504 e. The minimum atomic E-state index is -1.36. The van der Waals surface area contributed by atoms with Crippen LogP contribution < -0.4 is 10.1 Å². The Labute approximate surface area is 292 Å². The fourth-order valence-corrected chi connectivity index (χ4v) is 11.0. The molecule has 1 heterocycles. The van der Waals surface area contributed by atoms with Crippen molar-refractivity contribution in [2.75, 3.05) is 13.7 Å². The van der Waals surface area contributed by atoms with Crippen LogP contribution in [-0.2, 0) is 23.2 Å². The molecule has 50 heavy (non-hydrogen) atoms. The van der Waals surface area contributed by atoms with Crippen molar-refractivity contribution in [2.45, 2.75) is 80.4 Å². The zero-order valence-corrected chi connectivity index (χ0v) is 28.4. The summed E-state index contributed by atoms with van der Waals surface area (Å²) < 4.78 is 5.49. The van der Waals surface area contributed by atoms with E-state index < -0.39 is 22.9 Å². The summed E-state index contributed by atoms with van der Waals surface area (Å²) in [6.45, 7) is 0.229. The van der Waals surface area contributed by atoms with Crippen LogP contribution in [0.4, 0.5) is 0 Å². The molecule has 0 unspecified atom stereocenters. The van der Waals surface area contributed by atoms with Gasteiger partial charge < -0.3 is 35.6 Å². The maximum absolute atomic E-state index is 14.6. The van der Waals surface area contributed by atoms with Crippen LogP contribution in [0.2, 0.25) is 0 Å². The number of benzene rings is 3. The van der Waals surface area contributed by atoms with E-state index in [1.807, 2.05) is 24.3 Å². The first kappa shape index (κ1) is 32.9. The second kappa shape index (κ2) is 12.2. The summed E-state index contributed by atoms with van der Waals surface area (Å²) in [6, 6.07) is 16.6. The molecule has 1 aliphatic heterocycles. The molecule has 2 saturated carbocycles. The number of rotatable bonds is 5. The molecule has 3 aromatic rings. The van der Waals surface area contributed by atoms with Crippen LogP contribution in [0.5, 0.6) is 23.0 Å². The Kier molecular flexibility index (Phi) is 8.02. The third kappa shape index (κ3) is 4.89. The summed E-state index contributed by atoms with van der Waals surface area (Å²) in [5.74, 6) is 5.66. The highest BCUT2D eigenvalue weighted by molar-refractivity contribution is 5.81. The van der Waals surface area contributed by atoms with Gasteiger partial charge in [-0.1, -0.05) is 60.7 Å². The number of carbonyl (C=O) groups is 1. The minimum Gasteiger partial charge on any atom is -0.504 e. The van der Waals surface area contributed by atoms with E-state index in [9.17, 15) is 30.3 Å². The van der Waals surface area contributed by atoms with E-state index in [4.69, 9.17) is 4.74 Å². The Morgan fingerprint density at radius 1 is 0.980 bits per heavy atom. The molecule has 8 nitrogen and oxygen atoms in total. The number of carbonyl (C=O) groups excluding carboxylic acids is 1. The van der Waals surface area contributed by atoms with Gasteiger partial charge in [-0.2, -0.15) is 0 Å². The number of aliphatic hydroxyl groups excluding tert-OH is 1. The Balaban J connectivity index is 1.34. The number of aliphatic hydroxyl groups is 2. The smallest absolute Gasteiger partial charge is 0.160 e. The van der Waals surface area contributed by atoms with Gasteiger partial charge >= 0.3 is 0 Å². The summed E-state index contributed by atoms with van der Waals surface area (Å²) in [4.78, 5) is 14.6. The molecule has 260 valence electrons. The first-order valence-corrected chi connectivity index (χ1v) is 17.9. The highest BCUT2D eigenvalue weighted by Gasteiger charge is 2.72. The molecule has 1 spiro atoms. The van der Waals surface area contributed by atoms with Crippen molar-refractivity contribution >= 4 is 11.9 Å². The van der Waals surface area contributed by atoms with Crippen molar-refractivity contribution in [1.29, 1.82) is 0 Å². The quantitative estimate of drug-likeness (QED) is 0.155. The molecule has 8 atom stereocenters. The van der Waals surface area contributed by atoms with E-state index >= 15 is 0 Å². The van der Waals surface area contributed by atoms with Gasteiger partial charge in [-0.05, 0) is 90.1 Å². The van der Waals surface area contributed by atoms with Crippen LogP contribution in [0.3, 0.4) is 0 Å². The van der Waals surface area contributed by atoms with Gasteiger partial charge in [-0.3, -0.25) is 4.79 Å². The van der Waals surface area contributed by atoms with Gasteiger partial charge in [0, 0.05) is 54.0 Å². The number of methoxy groups -OCH3 is 1. The van der Waals surface area contributed by atoms with Crippen molar-refractivity contribution in [1.82, 2.24) is 5.32 Å². The number of aromatic hydroxyl groups is 3. The fourth-order valence-electron chi connectivity index (χ4n) is 11.0. The number of hydrogen-bond acceptors (Lipinski definition) is 8. The third-order valence-electron chi connectivity index (χ3n) is 12.9. The number of phenols is 3. The summed E-state index contributed by atoms with van der Waals surface area (Å²) in [6.07, 6.45) is 8.82. The number of allylic oxidation sites excluding steroid dienone is 1. The Morgan fingerprint density at radius 3 is 2.56 bits per heavy atom. The fraction of sp³-hybridized carbons (Fsp3) is 0.452. The van der Waals surface area contributed by atoms with Crippen LogP contribution >= 0.6 is 0 Å². The second-order valence-electron chi connectivity index (χ2n) is 15.3. The van der Waals surface area contributed by atoms with Crippen LogP contribution in [0.25, 0.3) is 6.08 Å². The Morgan fingerprint density at radius 2 is 1.78 bits per heavy atom. The minimum absolute atomic E-state index is 0.0399. The lowest BCUT2D eigenvalue weighted by molar-refractivity contribution is -0.186. The van der Waals surface area contributed by atoms with Gasteiger partial charge in [0.25, 0.3) is 0 Å². The molecule has 5 aliphatic rings. The lowest BCUT2D eigenvalue weighted by Gasteiger charge is -2.71. The summed E-state index contributed by atoms with van der Waals surface area (Å²) >= 11 is 0. The normalized spacial score (nSPS) is 34.0. The standard InChI is InChI=1S/C42H45NO7/c1-50-38-20-33(29(24-44)18-37(38)48)32-19-31(45)22-40(49)14-15-41-13-5-8-30-12-11-27-17-35(46)36(47)21-34(27)42(30,41)39(40)28(23-43-41)10-9-26(32)16-25-6-3-2-4-7-25/h2-4,6-7,11-12,17-18,20-21,26,28,30,32,39,43-44,46-49H,5,8,13-16,19,22-24H2,1H3/t26-,28-,30-,32-,39+,40+,41-,42-/m1/s1. The Hall–Kier alpha value is -4.29. The van der Waals surface area contributed by atoms with Gasteiger partial charge in [-0.25, -0.2) is 0 Å². The maximum Gasteiger partial charge on any atom is 0.160 e. The number of piperidine rings is 1. The number of hydrogen-bond donors (Lipinski definition) is 6. The predicted molar refractivity (Wildman–Crippen MR) is 189 cm³/mol. The number of ketones is 1. The van der Waals surface area contributed by atoms with Gasteiger partial charge in [0.15, 0.2) is 23.0 Å². The first-order valence-electron chi connectivity index (χ1n) is 17.9. The average Bonchev–Trinajstić information content (AvgIpc) is 3.11. The van der Waals surface area contributed by atoms with Crippen LogP contribution in [0.15, 0.2) is 60.7 Å². The van der Waals surface area contributed by atoms with Crippen molar-refractivity contribution in [3.63, 3.8) is 0 Å². The summed E-state index contributed by atoms with van der Waals surface area (Å²) in [5.41, 5.74) is 1.62. The van der Waals surface area contributed by atoms with Crippen molar-refractivity contribution in [3.05, 3.63) is 88.5 Å². The van der Waals surface area contributed by atoms with Gasteiger partial charge in [0.1, 0.15) is 5.78 Å². The van der Waals surface area contributed by atoms with Crippen molar-refractivity contribution in [2.24, 2.45) is 23.7 Å². The van der Waals surface area contributed by atoms with Crippen LogP contribution in [0.1, 0.15) is 78.7 Å². The molecule has 4 aliphatic carbocycles. The van der Waals surface area contributed by atoms with E-state index in [-0.39, 0.29) is 71.5 Å². The molecule has 1 saturated heterocycles. The first-order chi connectivity index (χ1) is 24.1. The van der Waals surface area contributed by atoms with E-state index in [2.05, 4.69) is 35.4 Å². The molecule has 3 aromatic carbocycles. The van der Waals surface area contributed by atoms with E-state index in [0.29, 0.717) is 36.9 Å². The molecule has 2 bridgehead atoms. The number of phenolic OH excluding ortho intramolecular Hbond substituents is 3. The SMILES string of the molecule is COc1cc([C@@H]2CC(=O)C[C@@]3(O)CC[C@]45CCC[C@@H]6C=Cc7cc(O)c(O)cc7[C@@]64[C@H]3[C@H](C#C[C@@H]2Cc2ccccc2)CN5)c(CO)cc1O. The van der Waals surface area contributed by atoms with Crippen LogP contribution in [-0.4, -0.2) is 56.1 Å². The lowest BCUT2D eigenvalue weighted by atomic mass is 9.36. The highest BCUT2D eigenvalue weighted by atomic mass is 16.5. The van der Waals surface area contributed by atoms with Crippen molar-refractivity contribution in [3.8, 4) is 34.8 Å². The molecular formula is C42H45NO7. The lowest BCUT2D eigenvalue weighted by Crippen LogP contribution is -2.80. The molecule has 6 N–H and O–H groups in total. The number of nitrogens with one attached hydrogen (secondary N) is 1. The van der Waals surface area contributed by atoms with Gasteiger partial charge in [0.05, 0.1) is 19.3 Å². The molecule has 0 radical (unpaired) electrons. The summed E-state index contributed by atoms with van der Waals surface area (Å²) in [7, 11) is 1.48. The zero-order valence-electron chi connectivity index (χ0n) is 28.4.